The van der Waals surface area contributed by atoms with Crippen LogP contribution in [0.2, 0.25) is 0 Å². The van der Waals surface area contributed by atoms with Crippen molar-refractivity contribution in [2.24, 2.45) is 35.5 Å². The van der Waals surface area contributed by atoms with Gasteiger partial charge in [0.05, 0.1) is 17.1 Å². The third-order valence-corrected chi connectivity index (χ3v) is 12.2. The predicted molar refractivity (Wildman–Crippen MR) is 158 cm³/mol. The van der Waals surface area contributed by atoms with Crippen molar-refractivity contribution in [3.63, 3.8) is 0 Å². The van der Waals surface area contributed by atoms with E-state index in [1.165, 1.54) is 44.6 Å². The molecule has 0 saturated heterocycles. The first-order chi connectivity index (χ1) is 21.1. The number of halogens is 2. The second kappa shape index (κ2) is 10.3. The Morgan fingerprint density at radius 1 is 0.705 bits per heavy atom. The van der Waals surface area contributed by atoms with Crippen LogP contribution in [-0.2, 0) is 19.1 Å². The standard InChI is InChI=1S/C36H43F2NO5/c1-19-29(32(40)43-35-13-21-7-22(14-35)9-23(8-21)15-35)31(27-5-3-4-6-28(27)42-34(37)38)30(20(2)39-19)33(41)44-36-16-24-10-25(17-36)12-26(11-24)18-36/h3-6,21-26,31,34,39H,7-18H2,1-2H3. The first-order valence-electron chi connectivity index (χ1n) is 16.8. The van der Waals surface area contributed by atoms with Crippen molar-refractivity contribution < 1.29 is 32.6 Å². The number of rotatable bonds is 7. The molecule has 1 aromatic rings. The normalized spacial score (nSPS) is 40.0. The van der Waals surface area contributed by atoms with E-state index in [9.17, 15) is 18.4 Å². The summed E-state index contributed by atoms with van der Waals surface area (Å²) in [6, 6.07) is 6.49. The number of hydrogen-bond donors (Lipinski definition) is 1. The van der Waals surface area contributed by atoms with Crippen LogP contribution in [0.5, 0.6) is 5.75 Å². The van der Waals surface area contributed by atoms with Crippen molar-refractivity contribution in [1.82, 2.24) is 5.32 Å². The van der Waals surface area contributed by atoms with E-state index < -0.39 is 35.7 Å². The molecule has 0 unspecified atom stereocenters. The largest absolute Gasteiger partial charge is 0.456 e. The Morgan fingerprint density at radius 2 is 1.09 bits per heavy atom. The molecular weight excluding hydrogens is 564 g/mol. The van der Waals surface area contributed by atoms with Gasteiger partial charge in [0.1, 0.15) is 17.0 Å². The first kappa shape index (κ1) is 28.6. The van der Waals surface area contributed by atoms with E-state index in [-0.39, 0.29) is 16.9 Å². The summed E-state index contributed by atoms with van der Waals surface area (Å²) in [5, 5.41) is 3.29. The molecule has 1 N–H and O–H groups in total. The van der Waals surface area contributed by atoms with Crippen LogP contribution in [0.3, 0.4) is 0 Å². The molecule has 0 atom stereocenters. The molecule has 0 radical (unpaired) electrons. The molecule has 8 aliphatic carbocycles. The summed E-state index contributed by atoms with van der Waals surface area (Å²) >= 11 is 0. The number of carbonyl (C=O) groups is 2. The number of alkyl halides is 2. The maximum absolute atomic E-state index is 14.4. The fourth-order valence-electron chi connectivity index (χ4n) is 11.6. The molecule has 8 saturated carbocycles. The van der Waals surface area contributed by atoms with Gasteiger partial charge in [-0.25, -0.2) is 9.59 Å². The maximum Gasteiger partial charge on any atom is 0.387 e. The topological polar surface area (TPSA) is 73.9 Å². The highest BCUT2D eigenvalue weighted by molar-refractivity contribution is 6.00. The lowest BCUT2D eigenvalue weighted by molar-refractivity contribution is -0.183. The molecule has 8 heteroatoms. The number of nitrogens with one attached hydrogen (secondary N) is 1. The van der Waals surface area contributed by atoms with E-state index in [1.54, 1.807) is 32.0 Å². The SMILES string of the molecule is CC1=C(C(=O)OC23CC4CC(CC(C4)C2)C3)C(c2ccccc2OC(F)F)C(C(=O)OC23CC4CC(CC(C4)C2)C3)=C(C)N1. The lowest BCUT2D eigenvalue weighted by atomic mass is 9.54. The fourth-order valence-corrected chi connectivity index (χ4v) is 11.6. The minimum atomic E-state index is -3.06. The van der Waals surface area contributed by atoms with Crippen molar-refractivity contribution in [1.29, 1.82) is 0 Å². The van der Waals surface area contributed by atoms with Crippen LogP contribution < -0.4 is 10.1 Å². The Balaban J connectivity index is 1.16. The second-order valence-corrected chi connectivity index (χ2v) is 15.5. The molecule has 236 valence electrons. The summed E-state index contributed by atoms with van der Waals surface area (Å²) in [6.07, 6.45) is 12.5. The number of ether oxygens (including phenoxy) is 3. The number of esters is 2. The van der Waals surface area contributed by atoms with Gasteiger partial charge in [-0.05, 0) is 132 Å². The van der Waals surface area contributed by atoms with Gasteiger partial charge in [-0.15, -0.1) is 0 Å². The van der Waals surface area contributed by atoms with E-state index >= 15 is 0 Å². The Kier molecular flexibility index (Phi) is 6.70. The van der Waals surface area contributed by atoms with Crippen LogP contribution in [0.4, 0.5) is 8.78 Å². The zero-order valence-corrected chi connectivity index (χ0v) is 25.7. The zero-order chi connectivity index (χ0) is 30.4. The van der Waals surface area contributed by atoms with Crippen molar-refractivity contribution in [2.75, 3.05) is 0 Å². The summed E-state index contributed by atoms with van der Waals surface area (Å²) in [6.45, 7) is 0.535. The molecule has 8 fully saturated rings. The van der Waals surface area contributed by atoms with Crippen LogP contribution in [0.15, 0.2) is 46.8 Å². The van der Waals surface area contributed by atoms with Crippen molar-refractivity contribution in [3.05, 3.63) is 52.4 Å². The molecule has 10 rings (SSSR count). The van der Waals surface area contributed by atoms with Gasteiger partial charge < -0.3 is 19.5 Å². The zero-order valence-electron chi connectivity index (χ0n) is 25.7. The van der Waals surface area contributed by atoms with Crippen molar-refractivity contribution in [3.8, 4) is 5.75 Å². The van der Waals surface area contributed by atoms with Crippen molar-refractivity contribution >= 4 is 11.9 Å². The Morgan fingerprint density at radius 3 is 1.48 bits per heavy atom. The van der Waals surface area contributed by atoms with Crippen LogP contribution >= 0.6 is 0 Å². The van der Waals surface area contributed by atoms with Crippen LogP contribution in [0, 0.1) is 35.5 Å². The molecule has 0 aromatic heterocycles. The summed E-state index contributed by atoms with van der Waals surface area (Å²) in [5.41, 5.74) is 0.990. The van der Waals surface area contributed by atoms with Crippen LogP contribution in [0.25, 0.3) is 0 Å². The van der Waals surface area contributed by atoms with Crippen LogP contribution in [-0.4, -0.2) is 29.8 Å². The highest BCUT2D eigenvalue weighted by Gasteiger charge is 2.56. The molecule has 0 spiro atoms. The van der Waals surface area contributed by atoms with E-state index in [2.05, 4.69) is 5.32 Å². The number of dihydropyridines is 1. The van der Waals surface area contributed by atoms with Gasteiger partial charge in [-0.3, -0.25) is 0 Å². The Bertz CT molecular complexity index is 1290. The average Bonchev–Trinajstić information content (AvgIpc) is 2.90. The fraction of sp³-hybridized carbons (Fsp3) is 0.667. The minimum Gasteiger partial charge on any atom is -0.456 e. The van der Waals surface area contributed by atoms with E-state index in [0.717, 1.165) is 38.5 Å². The number of para-hydroxylation sites is 1. The number of allylic oxidation sites excluding steroid dienone is 2. The summed E-state index contributed by atoms with van der Waals surface area (Å²) in [7, 11) is 0. The average molecular weight is 608 g/mol. The number of benzene rings is 1. The lowest BCUT2D eigenvalue weighted by Gasteiger charge is -2.56. The van der Waals surface area contributed by atoms with E-state index in [0.29, 0.717) is 52.5 Å². The Labute approximate surface area is 258 Å². The van der Waals surface area contributed by atoms with Crippen molar-refractivity contribution in [2.45, 2.75) is 115 Å². The van der Waals surface area contributed by atoms with Gasteiger partial charge >= 0.3 is 18.6 Å². The van der Waals surface area contributed by atoms with Gasteiger partial charge in [0.15, 0.2) is 0 Å². The maximum atomic E-state index is 14.4. The van der Waals surface area contributed by atoms with Gasteiger partial charge in [0, 0.05) is 17.0 Å². The van der Waals surface area contributed by atoms with Gasteiger partial charge in [0.2, 0.25) is 0 Å². The molecule has 8 bridgehead atoms. The lowest BCUT2D eigenvalue weighted by Crippen LogP contribution is -2.53. The third kappa shape index (κ3) is 4.86. The minimum absolute atomic E-state index is 0.0600. The van der Waals surface area contributed by atoms with Gasteiger partial charge in [0.25, 0.3) is 0 Å². The molecular formula is C36H43F2NO5. The van der Waals surface area contributed by atoms with Crippen LogP contribution in [0.1, 0.15) is 102 Å². The molecule has 6 nitrogen and oxygen atoms in total. The van der Waals surface area contributed by atoms with E-state index in [1.807, 2.05) is 0 Å². The van der Waals surface area contributed by atoms with E-state index in [4.69, 9.17) is 14.2 Å². The summed E-state index contributed by atoms with van der Waals surface area (Å²) in [4.78, 5) is 28.8. The molecule has 1 aliphatic heterocycles. The smallest absolute Gasteiger partial charge is 0.387 e. The summed E-state index contributed by atoms with van der Waals surface area (Å²) < 4.78 is 45.4. The number of carbonyl (C=O) groups excluding carboxylic acids is 2. The highest BCUT2D eigenvalue weighted by Crippen LogP contribution is 2.59. The third-order valence-electron chi connectivity index (χ3n) is 12.2. The monoisotopic (exact) mass is 607 g/mol. The molecule has 9 aliphatic rings. The molecule has 0 amide bonds. The Hall–Kier alpha value is -2.90. The molecule has 1 heterocycles. The number of hydrogen-bond acceptors (Lipinski definition) is 6. The predicted octanol–water partition coefficient (Wildman–Crippen LogP) is 7.55. The summed E-state index contributed by atoms with van der Waals surface area (Å²) in [5.74, 6) is 1.49. The van der Waals surface area contributed by atoms with Gasteiger partial charge in [-0.1, -0.05) is 18.2 Å². The second-order valence-electron chi connectivity index (χ2n) is 15.5. The quantitative estimate of drug-likeness (QED) is 0.323. The molecule has 1 aromatic carbocycles. The highest BCUT2D eigenvalue weighted by atomic mass is 19.3. The first-order valence-corrected chi connectivity index (χ1v) is 16.8. The molecule has 44 heavy (non-hydrogen) atoms. The van der Waals surface area contributed by atoms with Gasteiger partial charge in [-0.2, -0.15) is 8.78 Å².